The van der Waals surface area contributed by atoms with Crippen LogP contribution in [0.3, 0.4) is 0 Å². The minimum Gasteiger partial charge on any atom is -0.396 e. The van der Waals surface area contributed by atoms with Crippen LogP contribution in [0.15, 0.2) is 14.4 Å². The maximum atomic E-state index is 12.9. The zero-order valence-electron chi connectivity index (χ0n) is 22.0. The highest BCUT2D eigenvalue weighted by molar-refractivity contribution is 4.79. The summed E-state index contributed by atoms with van der Waals surface area (Å²) in [5, 5.41) is 26.3. The second-order valence-electron chi connectivity index (χ2n) is 7.85. The fourth-order valence-electron chi connectivity index (χ4n) is 3.16. The lowest BCUT2D eigenvalue weighted by atomic mass is 10.3. The molecule has 0 unspecified atom stereocenters. The quantitative estimate of drug-likeness (QED) is 0.0992. The second kappa shape index (κ2) is 23.0. The molecule has 1 aromatic rings. The smallest absolute Gasteiger partial charge is 0.336 e. The van der Waals surface area contributed by atoms with Crippen molar-refractivity contribution >= 4 is 0 Å². The molecule has 0 atom stereocenters. The molecule has 15 nitrogen and oxygen atoms in total. The first-order chi connectivity index (χ1) is 18.6. The highest BCUT2D eigenvalue weighted by Crippen LogP contribution is 1.90. The molecule has 1 aromatic heterocycles. The van der Waals surface area contributed by atoms with Crippen molar-refractivity contribution in [2.75, 3.05) is 99.1 Å². The van der Waals surface area contributed by atoms with E-state index in [1.807, 2.05) is 0 Å². The van der Waals surface area contributed by atoms with Crippen LogP contribution in [0.4, 0.5) is 0 Å². The molecule has 0 saturated heterocycles. The normalized spacial score (nSPS) is 11.4. The van der Waals surface area contributed by atoms with Crippen LogP contribution in [-0.2, 0) is 48.1 Å². The van der Waals surface area contributed by atoms with Gasteiger partial charge in [0.15, 0.2) is 0 Å². The molecular weight excluding hydrogens is 510 g/mol. The minimum atomic E-state index is -0.750. The third kappa shape index (κ3) is 14.3. The standard InChI is InChI=1S/C23H43N3O12/c27-6-2-1-3-24-21(30)25(4-9-33-13-17-37-19-15-35-11-7-28)23(32)26(22(24)31)5-10-34-14-18-38-20-16-36-12-8-29/h27-29H,1-20H2. The average molecular weight is 554 g/mol. The summed E-state index contributed by atoms with van der Waals surface area (Å²) in [6.07, 6.45) is 0.808. The highest BCUT2D eigenvalue weighted by Gasteiger charge is 2.15. The third-order valence-electron chi connectivity index (χ3n) is 5.05. The Morgan fingerprint density at radius 3 is 1.05 bits per heavy atom. The Bertz CT molecular complexity index is 824. The van der Waals surface area contributed by atoms with Crippen LogP contribution in [0, 0.1) is 0 Å². The first kappa shape index (κ1) is 34.1. The number of rotatable bonds is 26. The molecule has 0 radical (unpaired) electrons. The molecule has 0 fully saturated rings. The Kier molecular flexibility index (Phi) is 20.6. The topological polar surface area (TPSA) is 182 Å². The number of aliphatic hydroxyl groups is 3. The molecule has 0 saturated carbocycles. The molecule has 0 aliphatic rings. The molecule has 3 N–H and O–H groups in total. The molecule has 0 bridgehead atoms. The molecule has 0 amide bonds. The van der Waals surface area contributed by atoms with Gasteiger partial charge in [0.2, 0.25) is 0 Å². The maximum Gasteiger partial charge on any atom is 0.336 e. The Hall–Kier alpha value is -1.95. The number of aliphatic hydroxyl groups excluding tert-OH is 3. The van der Waals surface area contributed by atoms with E-state index in [4.69, 9.17) is 43.7 Å². The monoisotopic (exact) mass is 553 g/mol. The molecular formula is C23H43N3O12. The van der Waals surface area contributed by atoms with Crippen molar-refractivity contribution < 1.29 is 43.7 Å². The van der Waals surface area contributed by atoms with Gasteiger partial charge in [0.25, 0.3) is 0 Å². The molecule has 0 spiro atoms. The Morgan fingerprint density at radius 2 is 0.711 bits per heavy atom. The van der Waals surface area contributed by atoms with E-state index in [1.165, 1.54) is 0 Å². The Balaban J connectivity index is 2.61. The summed E-state index contributed by atoms with van der Waals surface area (Å²) in [5.74, 6) is 0. The van der Waals surface area contributed by atoms with E-state index in [9.17, 15) is 14.4 Å². The van der Waals surface area contributed by atoms with E-state index in [2.05, 4.69) is 0 Å². The number of hydrogen-bond donors (Lipinski definition) is 3. The van der Waals surface area contributed by atoms with E-state index in [-0.39, 0.29) is 79.1 Å². The highest BCUT2D eigenvalue weighted by atomic mass is 16.6. The molecule has 1 heterocycles. The van der Waals surface area contributed by atoms with Gasteiger partial charge in [0, 0.05) is 13.2 Å². The molecule has 15 heteroatoms. The zero-order chi connectivity index (χ0) is 27.8. The predicted molar refractivity (Wildman–Crippen MR) is 135 cm³/mol. The number of unbranched alkanes of at least 4 members (excludes halogenated alkanes) is 1. The van der Waals surface area contributed by atoms with E-state index >= 15 is 0 Å². The van der Waals surface area contributed by atoms with Gasteiger partial charge in [-0.2, -0.15) is 0 Å². The SMILES string of the molecule is O=c1n(CCCCO)c(=O)n(CCOCCOCCOCCO)c(=O)n1CCOCCOCCOCCO. The lowest BCUT2D eigenvalue weighted by Crippen LogP contribution is -2.55. The molecule has 0 aliphatic heterocycles. The van der Waals surface area contributed by atoms with Gasteiger partial charge in [-0.15, -0.1) is 0 Å². The second-order valence-corrected chi connectivity index (χ2v) is 7.85. The van der Waals surface area contributed by atoms with Crippen molar-refractivity contribution in [2.45, 2.75) is 32.5 Å². The summed E-state index contributed by atoms with van der Waals surface area (Å²) in [5.41, 5.74) is -2.21. The Morgan fingerprint density at radius 1 is 0.395 bits per heavy atom. The fraction of sp³-hybridized carbons (Fsp3) is 0.870. The zero-order valence-corrected chi connectivity index (χ0v) is 22.0. The van der Waals surface area contributed by atoms with Crippen molar-refractivity contribution in [3.05, 3.63) is 31.5 Å². The summed E-state index contributed by atoms with van der Waals surface area (Å²) < 4.78 is 34.6. The summed E-state index contributed by atoms with van der Waals surface area (Å²) in [6.45, 7) is 2.86. The van der Waals surface area contributed by atoms with Crippen molar-refractivity contribution in [2.24, 2.45) is 0 Å². The first-order valence-corrected chi connectivity index (χ1v) is 12.8. The van der Waals surface area contributed by atoms with E-state index < -0.39 is 17.1 Å². The van der Waals surface area contributed by atoms with Crippen LogP contribution < -0.4 is 17.1 Å². The molecule has 1 rings (SSSR count). The van der Waals surface area contributed by atoms with Crippen LogP contribution in [0.1, 0.15) is 12.8 Å². The van der Waals surface area contributed by atoms with Gasteiger partial charge in [-0.3, -0.25) is 0 Å². The minimum absolute atomic E-state index is 0.0510. The van der Waals surface area contributed by atoms with Crippen molar-refractivity contribution in [1.82, 2.24) is 13.7 Å². The van der Waals surface area contributed by atoms with Crippen LogP contribution in [-0.4, -0.2) is 128 Å². The lowest BCUT2D eigenvalue weighted by Gasteiger charge is -2.14. The van der Waals surface area contributed by atoms with Crippen LogP contribution >= 0.6 is 0 Å². The summed E-state index contributed by atoms with van der Waals surface area (Å²) >= 11 is 0. The number of nitrogens with zero attached hydrogens (tertiary/aromatic N) is 3. The van der Waals surface area contributed by atoms with Gasteiger partial charge in [0.05, 0.1) is 106 Å². The fourth-order valence-corrected chi connectivity index (χ4v) is 3.16. The Labute approximate surface area is 221 Å². The van der Waals surface area contributed by atoms with Gasteiger partial charge in [0.1, 0.15) is 0 Å². The van der Waals surface area contributed by atoms with Gasteiger partial charge in [-0.25, -0.2) is 28.1 Å². The summed E-state index contributed by atoms with van der Waals surface area (Å²) in [7, 11) is 0. The van der Waals surface area contributed by atoms with Crippen LogP contribution in [0.2, 0.25) is 0 Å². The van der Waals surface area contributed by atoms with Crippen molar-refractivity contribution in [3.8, 4) is 0 Å². The van der Waals surface area contributed by atoms with E-state index in [0.717, 1.165) is 13.7 Å². The molecule has 0 aliphatic carbocycles. The molecule has 38 heavy (non-hydrogen) atoms. The van der Waals surface area contributed by atoms with Gasteiger partial charge >= 0.3 is 17.1 Å². The van der Waals surface area contributed by atoms with E-state index in [1.54, 1.807) is 0 Å². The number of ether oxygens (including phenoxy) is 6. The van der Waals surface area contributed by atoms with Gasteiger partial charge in [-0.05, 0) is 12.8 Å². The first-order valence-electron chi connectivity index (χ1n) is 12.8. The number of hydrogen-bond acceptors (Lipinski definition) is 12. The molecule has 0 aromatic carbocycles. The maximum absolute atomic E-state index is 12.9. The molecule has 222 valence electrons. The van der Waals surface area contributed by atoms with Crippen LogP contribution in [0.5, 0.6) is 0 Å². The van der Waals surface area contributed by atoms with Crippen molar-refractivity contribution in [1.29, 1.82) is 0 Å². The van der Waals surface area contributed by atoms with Gasteiger partial charge in [-0.1, -0.05) is 0 Å². The predicted octanol–water partition coefficient (Wildman–Crippen LogP) is -2.97. The van der Waals surface area contributed by atoms with Crippen LogP contribution in [0.25, 0.3) is 0 Å². The van der Waals surface area contributed by atoms with Crippen molar-refractivity contribution in [3.63, 3.8) is 0 Å². The lowest BCUT2D eigenvalue weighted by molar-refractivity contribution is 0.00553. The third-order valence-corrected chi connectivity index (χ3v) is 5.05. The van der Waals surface area contributed by atoms with Gasteiger partial charge < -0.3 is 43.7 Å². The largest absolute Gasteiger partial charge is 0.396 e. The van der Waals surface area contributed by atoms with E-state index in [0.29, 0.717) is 52.5 Å². The summed E-state index contributed by atoms with van der Waals surface area (Å²) in [6, 6.07) is 0. The number of aromatic nitrogens is 3. The summed E-state index contributed by atoms with van der Waals surface area (Å²) in [4.78, 5) is 38.6. The average Bonchev–Trinajstić information content (AvgIpc) is 2.91.